The second-order valence-electron chi connectivity index (χ2n) is 4.57. The summed E-state index contributed by atoms with van der Waals surface area (Å²) in [6, 6.07) is 7.58. The second kappa shape index (κ2) is 7.01. The van der Waals surface area contributed by atoms with Crippen LogP contribution in [0, 0.1) is 0 Å². The van der Waals surface area contributed by atoms with Gasteiger partial charge in [-0.2, -0.15) is 0 Å². The Balaban J connectivity index is 2.50. The summed E-state index contributed by atoms with van der Waals surface area (Å²) in [6.07, 6.45) is 2.68. The lowest BCUT2D eigenvalue weighted by molar-refractivity contribution is -0.138. The van der Waals surface area contributed by atoms with E-state index in [0.29, 0.717) is 13.0 Å². The smallest absolute Gasteiger partial charge is 0.320 e. The largest absolute Gasteiger partial charge is 0.480 e. The van der Waals surface area contributed by atoms with Gasteiger partial charge < -0.3 is 15.7 Å². The van der Waals surface area contributed by atoms with Gasteiger partial charge in [-0.1, -0.05) is 25.5 Å². The molecule has 1 aromatic carbocycles. The van der Waals surface area contributed by atoms with Gasteiger partial charge in [-0.25, -0.2) is 0 Å². The summed E-state index contributed by atoms with van der Waals surface area (Å²) < 4.78 is 0. The summed E-state index contributed by atoms with van der Waals surface area (Å²) in [5, 5.41) is 8.72. The molecule has 0 aliphatic rings. The number of nitrogens with zero attached hydrogens (tertiary/aromatic N) is 1. The first-order valence-electron chi connectivity index (χ1n) is 6.33. The third-order valence-electron chi connectivity index (χ3n) is 3.01. The fraction of sp³-hybridized carbons (Fsp3) is 0.500. The third-order valence-corrected chi connectivity index (χ3v) is 3.01. The van der Waals surface area contributed by atoms with Crippen LogP contribution in [0.4, 0.5) is 5.69 Å². The van der Waals surface area contributed by atoms with Crippen LogP contribution in [0.15, 0.2) is 24.3 Å². The molecule has 0 aliphatic heterocycles. The van der Waals surface area contributed by atoms with Crippen molar-refractivity contribution >= 4 is 11.7 Å². The third kappa shape index (κ3) is 4.37. The van der Waals surface area contributed by atoms with E-state index in [1.165, 1.54) is 5.56 Å². The van der Waals surface area contributed by atoms with Crippen molar-refractivity contribution in [3.05, 3.63) is 29.8 Å². The van der Waals surface area contributed by atoms with Crippen molar-refractivity contribution in [1.29, 1.82) is 0 Å². The molecular weight excluding hydrogens is 228 g/mol. The van der Waals surface area contributed by atoms with Crippen LogP contribution in [0.5, 0.6) is 0 Å². The fourth-order valence-corrected chi connectivity index (χ4v) is 1.79. The number of carboxylic acids is 1. The number of anilines is 1. The second-order valence-corrected chi connectivity index (χ2v) is 4.57. The van der Waals surface area contributed by atoms with E-state index in [2.05, 4.69) is 31.2 Å². The first kappa shape index (κ1) is 14.5. The van der Waals surface area contributed by atoms with E-state index in [1.54, 1.807) is 0 Å². The van der Waals surface area contributed by atoms with Gasteiger partial charge in [0.2, 0.25) is 0 Å². The van der Waals surface area contributed by atoms with E-state index in [0.717, 1.165) is 18.5 Å². The number of aliphatic carboxylic acids is 1. The summed E-state index contributed by atoms with van der Waals surface area (Å²) in [6.45, 7) is 2.80. The van der Waals surface area contributed by atoms with Gasteiger partial charge in [0.25, 0.3) is 0 Å². The molecule has 1 rings (SSSR count). The quantitative estimate of drug-likeness (QED) is 0.775. The topological polar surface area (TPSA) is 66.6 Å². The summed E-state index contributed by atoms with van der Waals surface area (Å²) in [5.74, 6) is -0.943. The van der Waals surface area contributed by atoms with Crippen molar-refractivity contribution in [2.24, 2.45) is 5.73 Å². The Kier molecular flexibility index (Phi) is 5.65. The van der Waals surface area contributed by atoms with Crippen LogP contribution in [0.2, 0.25) is 0 Å². The molecule has 100 valence electrons. The monoisotopic (exact) mass is 250 g/mol. The van der Waals surface area contributed by atoms with E-state index in [1.807, 2.05) is 11.9 Å². The minimum Gasteiger partial charge on any atom is -0.480 e. The highest BCUT2D eigenvalue weighted by Crippen LogP contribution is 2.15. The van der Waals surface area contributed by atoms with Crippen LogP contribution in [0.3, 0.4) is 0 Å². The molecule has 1 unspecified atom stereocenters. The normalized spacial score (nSPS) is 12.2. The molecule has 0 amide bonds. The summed E-state index contributed by atoms with van der Waals surface area (Å²) in [4.78, 5) is 12.6. The lowest BCUT2D eigenvalue weighted by Crippen LogP contribution is -2.34. The van der Waals surface area contributed by atoms with Gasteiger partial charge in [0.1, 0.15) is 6.04 Å². The van der Waals surface area contributed by atoms with Crippen molar-refractivity contribution in [2.45, 2.75) is 32.2 Å². The van der Waals surface area contributed by atoms with Gasteiger partial charge in [0.15, 0.2) is 0 Å². The number of hydrogen-bond acceptors (Lipinski definition) is 3. The molecule has 18 heavy (non-hydrogen) atoms. The zero-order valence-corrected chi connectivity index (χ0v) is 11.1. The molecule has 0 aromatic heterocycles. The van der Waals surface area contributed by atoms with E-state index < -0.39 is 12.0 Å². The summed E-state index contributed by atoms with van der Waals surface area (Å²) in [5.41, 5.74) is 7.90. The van der Waals surface area contributed by atoms with Gasteiger partial charge in [-0.05, 0) is 30.5 Å². The van der Waals surface area contributed by atoms with Crippen LogP contribution < -0.4 is 10.6 Å². The maximum Gasteiger partial charge on any atom is 0.320 e. The molecule has 4 heteroatoms. The number of carboxylic acid groups (broad SMARTS) is 1. The Morgan fingerprint density at radius 3 is 2.50 bits per heavy atom. The van der Waals surface area contributed by atoms with Gasteiger partial charge in [-0.3, -0.25) is 4.79 Å². The summed E-state index contributed by atoms with van der Waals surface area (Å²) >= 11 is 0. The molecule has 0 bridgehead atoms. The average molecular weight is 250 g/mol. The highest BCUT2D eigenvalue weighted by molar-refractivity contribution is 5.73. The predicted molar refractivity (Wildman–Crippen MR) is 73.9 cm³/mol. The minimum atomic E-state index is -0.943. The van der Waals surface area contributed by atoms with Gasteiger partial charge in [-0.15, -0.1) is 0 Å². The molecule has 0 aliphatic carbocycles. The van der Waals surface area contributed by atoms with Crippen molar-refractivity contribution in [2.75, 3.05) is 18.5 Å². The zero-order valence-electron chi connectivity index (χ0n) is 11.1. The Hall–Kier alpha value is -1.55. The number of hydrogen-bond donors (Lipinski definition) is 2. The van der Waals surface area contributed by atoms with Crippen molar-refractivity contribution in [1.82, 2.24) is 0 Å². The first-order chi connectivity index (χ1) is 8.54. The summed E-state index contributed by atoms with van der Waals surface area (Å²) in [7, 11) is 1.95. The highest BCUT2D eigenvalue weighted by Gasteiger charge is 2.12. The van der Waals surface area contributed by atoms with E-state index in [-0.39, 0.29) is 0 Å². The molecule has 0 radical (unpaired) electrons. The Morgan fingerprint density at radius 1 is 1.39 bits per heavy atom. The molecule has 4 nitrogen and oxygen atoms in total. The average Bonchev–Trinajstić information content (AvgIpc) is 2.36. The van der Waals surface area contributed by atoms with Crippen LogP contribution >= 0.6 is 0 Å². The number of carbonyl (C=O) groups is 1. The molecule has 1 aromatic rings. The van der Waals surface area contributed by atoms with Crippen molar-refractivity contribution in [3.8, 4) is 0 Å². The maximum atomic E-state index is 10.6. The molecule has 0 heterocycles. The zero-order chi connectivity index (χ0) is 13.5. The van der Waals surface area contributed by atoms with Crippen LogP contribution in [0.1, 0.15) is 25.3 Å². The Labute approximate surface area is 108 Å². The van der Waals surface area contributed by atoms with E-state index in [4.69, 9.17) is 10.8 Å². The minimum absolute atomic E-state index is 0.447. The molecule has 0 fully saturated rings. The predicted octanol–water partition coefficient (Wildman–Crippen LogP) is 1.88. The Morgan fingerprint density at radius 2 is 2.00 bits per heavy atom. The van der Waals surface area contributed by atoms with Crippen LogP contribution in [0.25, 0.3) is 0 Å². The van der Waals surface area contributed by atoms with Crippen LogP contribution in [-0.4, -0.2) is 30.7 Å². The van der Waals surface area contributed by atoms with E-state index >= 15 is 0 Å². The molecular formula is C14H22N2O2. The van der Waals surface area contributed by atoms with Gasteiger partial charge in [0.05, 0.1) is 0 Å². The standard InChI is InChI=1S/C14H22N2O2/c1-3-4-11-5-7-12(8-6-11)16(2)10-9-13(15)14(17)18/h5-8,13H,3-4,9-10,15H2,1-2H3,(H,17,18). The van der Waals surface area contributed by atoms with Gasteiger partial charge >= 0.3 is 5.97 Å². The molecule has 1 atom stereocenters. The van der Waals surface area contributed by atoms with Crippen molar-refractivity contribution in [3.63, 3.8) is 0 Å². The Bertz CT molecular complexity index is 376. The van der Waals surface area contributed by atoms with Crippen LogP contribution in [-0.2, 0) is 11.2 Å². The molecule has 0 saturated carbocycles. The van der Waals surface area contributed by atoms with Crippen molar-refractivity contribution < 1.29 is 9.90 Å². The maximum absolute atomic E-state index is 10.6. The number of nitrogens with two attached hydrogens (primary N) is 1. The first-order valence-corrected chi connectivity index (χ1v) is 6.33. The number of rotatable bonds is 7. The highest BCUT2D eigenvalue weighted by atomic mass is 16.4. The van der Waals surface area contributed by atoms with Gasteiger partial charge in [0, 0.05) is 19.3 Å². The number of aryl methyl sites for hydroxylation is 1. The molecule has 3 N–H and O–H groups in total. The lowest BCUT2D eigenvalue weighted by Gasteiger charge is -2.20. The molecule has 0 spiro atoms. The number of benzene rings is 1. The fourth-order valence-electron chi connectivity index (χ4n) is 1.79. The lowest BCUT2D eigenvalue weighted by atomic mass is 10.1. The van der Waals surface area contributed by atoms with E-state index in [9.17, 15) is 4.79 Å². The molecule has 0 saturated heterocycles. The SMILES string of the molecule is CCCc1ccc(N(C)CCC(N)C(=O)O)cc1.